The van der Waals surface area contributed by atoms with E-state index in [-0.39, 0.29) is 11.6 Å². The zero-order valence-electron chi connectivity index (χ0n) is 11.0. The number of carbonyl (C=O) groups excluding carboxylic acids is 1. The number of amides is 1. The molecule has 0 saturated carbocycles. The molecule has 19 heavy (non-hydrogen) atoms. The van der Waals surface area contributed by atoms with Crippen LogP contribution >= 0.6 is 0 Å². The highest BCUT2D eigenvalue weighted by atomic mass is 19.1. The maximum absolute atomic E-state index is 13.6. The number of benzene rings is 1. The van der Waals surface area contributed by atoms with Crippen molar-refractivity contribution in [3.05, 3.63) is 29.8 Å². The van der Waals surface area contributed by atoms with E-state index in [2.05, 4.69) is 5.32 Å². The molecule has 1 N–H and O–H groups in total. The smallest absolute Gasteiger partial charge is 0.227 e. The van der Waals surface area contributed by atoms with Gasteiger partial charge in [-0.2, -0.15) is 0 Å². The van der Waals surface area contributed by atoms with Gasteiger partial charge in [-0.1, -0.05) is 0 Å². The lowest BCUT2D eigenvalue weighted by Gasteiger charge is -2.25. The van der Waals surface area contributed by atoms with Gasteiger partial charge in [0.2, 0.25) is 5.91 Å². The van der Waals surface area contributed by atoms with Crippen LogP contribution < -0.4 is 10.2 Å². The molecule has 2 rings (SSSR count). The fourth-order valence-corrected chi connectivity index (χ4v) is 2.36. The summed E-state index contributed by atoms with van der Waals surface area (Å²) in [5.41, 5.74) is 0.125. The van der Waals surface area contributed by atoms with Crippen LogP contribution in [-0.2, 0) is 4.79 Å². The maximum Gasteiger partial charge on any atom is 0.227 e. The molecule has 1 amide bonds. The SMILES string of the molecule is CN(C(=O)CC1CCNCC1)c1ccc(F)cc1F. The lowest BCUT2D eigenvalue weighted by molar-refractivity contribution is -0.119. The van der Waals surface area contributed by atoms with Crippen molar-refractivity contribution >= 4 is 11.6 Å². The van der Waals surface area contributed by atoms with Crippen molar-refractivity contribution in [2.75, 3.05) is 25.0 Å². The Kier molecular flexibility index (Phi) is 4.47. The van der Waals surface area contributed by atoms with Crippen molar-refractivity contribution in [2.24, 2.45) is 5.92 Å². The van der Waals surface area contributed by atoms with Crippen LogP contribution in [0.5, 0.6) is 0 Å². The Labute approximate surface area is 111 Å². The van der Waals surface area contributed by atoms with Crippen LogP contribution in [0, 0.1) is 17.6 Å². The van der Waals surface area contributed by atoms with Crippen molar-refractivity contribution in [1.82, 2.24) is 5.32 Å². The minimum absolute atomic E-state index is 0.125. The van der Waals surface area contributed by atoms with Gasteiger partial charge >= 0.3 is 0 Å². The first-order valence-electron chi connectivity index (χ1n) is 6.50. The van der Waals surface area contributed by atoms with E-state index in [0.717, 1.165) is 38.1 Å². The molecule has 1 aromatic rings. The Morgan fingerprint density at radius 3 is 2.68 bits per heavy atom. The third kappa shape index (κ3) is 3.50. The second kappa shape index (κ2) is 6.10. The Hall–Kier alpha value is -1.49. The molecule has 1 aliphatic rings. The van der Waals surface area contributed by atoms with Crippen molar-refractivity contribution in [3.8, 4) is 0 Å². The Bertz CT molecular complexity index is 459. The monoisotopic (exact) mass is 268 g/mol. The van der Waals surface area contributed by atoms with Crippen LogP contribution in [0.2, 0.25) is 0 Å². The van der Waals surface area contributed by atoms with Crippen molar-refractivity contribution < 1.29 is 13.6 Å². The van der Waals surface area contributed by atoms with Gasteiger partial charge in [-0.15, -0.1) is 0 Å². The number of nitrogens with zero attached hydrogens (tertiary/aromatic N) is 1. The zero-order chi connectivity index (χ0) is 13.8. The van der Waals surface area contributed by atoms with Gasteiger partial charge in [0.25, 0.3) is 0 Å². The maximum atomic E-state index is 13.6. The molecular formula is C14H18F2N2O. The van der Waals surface area contributed by atoms with Gasteiger partial charge in [0.15, 0.2) is 0 Å². The lowest BCUT2D eigenvalue weighted by Crippen LogP contribution is -2.33. The van der Waals surface area contributed by atoms with Crippen LogP contribution in [0.3, 0.4) is 0 Å². The zero-order valence-corrected chi connectivity index (χ0v) is 11.0. The number of anilines is 1. The van der Waals surface area contributed by atoms with Crippen LogP contribution in [-0.4, -0.2) is 26.0 Å². The second-order valence-electron chi connectivity index (χ2n) is 4.95. The van der Waals surface area contributed by atoms with Gasteiger partial charge in [-0.05, 0) is 44.0 Å². The van der Waals surface area contributed by atoms with E-state index in [1.165, 1.54) is 18.0 Å². The van der Waals surface area contributed by atoms with Crippen LogP contribution in [0.15, 0.2) is 18.2 Å². The lowest BCUT2D eigenvalue weighted by atomic mass is 9.94. The fourth-order valence-electron chi connectivity index (χ4n) is 2.36. The summed E-state index contributed by atoms with van der Waals surface area (Å²) in [5, 5.41) is 3.24. The molecule has 0 radical (unpaired) electrons. The van der Waals surface area contributed by atoms with E-state index in [9.17, 15) is 13.6 Å². The first-order valence-corrected chi connectivity index (χ1v) is 6.50. The van der Waals surface area contributed by atoms with Gasteiger partial charge in [-0.3, -0.25) is 4.79 Å². The first-order chi connectivity index (χ1) is 9.08. The Balaban J connectivity index is 2.01. The minimum Gasteiger partial charge on any atom is -0.317 e. The summed E-state index contributed by atoms with van der Waals surface area (Å²) < 4.78 is 26.4. The minimum atomic E-state index is -0.707. The predicted octanol–water partition coefficient (Wildman–Crippen LogP) is 2.32. The molecule has 0 atom stereocenters. The number of halogens is 2. The van der Waals surface area contributed by atoms with E-state index >= 15 is 0 Å². The number of hydrogen-bond acceptors (Lipinski definition) is 2. The van der Waals surface area contributed by atoms with Crippen molar-refractivity contribution in [2.45, 2.75) is 19.3 Å². The molecule has 0 aliphatic carbocycles. The van der Waals surface area contributed by atoms with E-state index in [4.69, 9.17) is 0 Å². The summed E-state index contributed by atoms with van der Waals surface area (Å²) in [6, 6.07) is 3.25. The topological polar surface area (TPSA) is 32.3 Å². The predicted molar refractivity (Wildman–Crippen MR) is 70.0 cm³/mol. The number of hydrogen-bond donors (Lipinski definition) is 1. The van der Waals surface area contributed by atoms with Gasteiger partial charge in [0.05, 0.1) is 5.69 Å². The van der Waals surface area contributed by atoms with Gasteiger partial charge < -0.3 is 10.2 Å². The third-order valence-electron chi connectivity index (χ3n) is 3.57. The molecule has 1 fully saturated rings. The summed E-state index contributed by atoms with van der Waals surface area (Å²) in [6.45, 7) is 1.85. The Morgan fingerprint density at radius 2 is 2.05 bits per heavy atom. The molecule has 1 heterocycles. The molecule has 3 nitrogen and oxygen atoms in total. The quantitative estimate of drug-likeness (QED) is 0.912. The molecule has 0 unspecified atom stereocenters. The second-order valence-corrected chi connectivity index (χ2v) is 4.95. The summed E-state index contributed by atoms with van der Waals surface area (Å²) in [5.74, 6) is -1.13. The Morgan fingerprint density at radius 1 is 1.37 bits per heavy atom. The highest BCUT2D eigenvalue weighted by molar-refractivity contribution is 5.93. The summed E-state index contributed by atoms with van der Waals surface area (Å²) >= 11 is 0. The molecule has 1 saturated heterocycles. The van der Waals surface area contributed by atoms with Crippen molar-refractivity contribution in [1.29, 1.82) is 0 Å². The van der Waals surface area contributed by atoms with Gasteiger partial charge in [-0.25, -0.2) is 8.78 Å². The molecule has 5 heteroatoms. The van der Waals surface area contributed by atoms with E-state index in [1.54, 1.807) is 0 Å². The molecular weight excluding hydrogens is 250 g/mol. The summed E-state index contributed by atoms with van der Waals surface area (Å²) in [7, 11) is 1.53. The molecule has 0 aromatic heterocycles. The molecule has 104 valence electrons. The summed E-state index contributed by atoms with van der Waals surface area (Å²) in [4.78, 5) is 13.4. The number of piperidine rings is 1. The average molecular weight is 268 g/mol. The van der Waals surface area contributed by atoms with Gasteiger partial charge in [0.1, 0.15) is 11.6 Å². The number of rotatable bonds is 3. The molecule has 0 spiro atoms. The van der Waals surface area contributed by atoms with Crippen LogP contribution in [0.25, 0.3) is 0 Å². The van der Waals surface area contributed by atoms with E-state index < -0.39 is 11.6 Å². The van der Waals surface area contributed by atoms with Gasteiger partial charge in [0, 0.05) is 19.5 Å². The standard InChI is InChI=1S/C14H18F2N2O/c1-18(13-3-2-11(15)9-12(13)16)14(19)8-10-4-6-17-7-5-10/h2-3,9-10,17H,4-8H2,1H3. The first kappa shape index (κ1) is 13.9. The third-order valence-corrected chi connectivity index (χ3v) is 3.57. The number of carbonyl (C=O) groups is 1. The van der Waals surface area contributed by atoms with E-state index in [1.807, 2.05) is 0 Å². The highest BCUT2D eigenvalue weighted by Gasteiger charge is 2.21. The van der Waals surface area contributed by atoms with E-state index in [0.29, 0.717) is 12.3 Å². The molecule has 1 aromatic carbocycles. The number of nitrogens with one attached hydrogen (secondary N) is 1. The van der Waals surface area contributed by atoms with Crippen LogP contribution in [0.4, 0.5) is 14.5 Å². The largest absolute Gasteiger partial charge is 0.317 e. The normalized spacial score (nSPS) is 16.4. The summed E-state index contributed by atoms with van der Waals surface area (Å²) in [6.07, 6.45) is 2.34. The van der Waals surface area contributed by atoms with Crippen molar-refractivity contribution in [3.63, 3.8) is 0 Å². The molecule has 1 aliphatic heterocycles. The van der Waals surface area contributed by atoms with Crippen LogP contribution in [0.1, 0.15) is 19.3 Å². The molecule has 0 bridgehead atoms. The average Bonchev–Trinajstić information content (AvgIpc) is 2.39. The highest BCUT2D eigenvalue weighted by Crippen LogP contribution is 2.22. The fraction of sp³-hybridized carbons (Fsp3) is 0.500.